The van der Waals surface area contributed by atoms with E-state index in [-0.39, 0.29) is 21.9 Å². The molecule has 1 aromatic rings. The highest BCUT2D eigenvalue weighted by molar-refractivity contribution is 6.64. The van der Waals surface area contributed by atoms with Crippen LogP contribution in [0.2, 0.25) is 0 Å². The molecule has 0 saturated heterocycles. The van der Waals surface area contributed by atoms with Crippen molar-refractivity contribution in [2.24, 2.45) is 0 Å². The number of fused-ring (bicyclic) bond motifs is 1. The number of carbonyl (C=O) groups is 3. The van der Waals surface area contributed by atoms with Crippen LogP contribution < -0.4 is 0 Å². The van der Waals surface area contributed by atoms with Crippen LogP contribution in [0.5, 0.6) is 0 Å². The summed E-state index contributed by atoms with van der Waals surface area (Å²) in [5.41, 5.74) is 0.366. The minimum atomic E-state index is -0.844. The van der Waals surface area contributed by atoms with Crippen molar-refractivity contribution in [2.75, 3.05) is 0 Å². The van der Waals surface area contributed by atoms with Crippen molar-refractivity contribution in [2.45, 2.75) is 6.92 Å². The zero-order valence-corrected chi connectivity index (χ0v) is 11.9. The van der Waals surface area contributed by atoms with Gasteiger partial charge in [-0.3, -0.25) is 14.4 Å². The van der Waals surface area contributed by atoms with E-state index in [1.165, 1.54) is 12.2 Å². The first kappa shape index (κ1) is 14.9. The third-order valence-electron chi connectivity index (χ3n) is 2.96. The topological polar surface area (TPSA) is 64.3 Å². The van der Waals surface area contributed by atoms with Gasteiger partial charge in [0.15, 0.2) is 5.78 Å². The first-order chi connectivity index (χ1) is 10.0. The summed E-state index contributed by atoms with van der Waals surface area (Å²) in [4.78, 5) is 36.0. The lowest BCUT2D eigenvalue weighted by Gasteiger charge is -2.07. The molecule has 0 N–H and O–H groups in total. The molecule has 0 saturated carbocycles. The smallest absolute Gasteiger partial charge is 0.245 e. The average Bonchev–Trinajstić information content (AvgIpc) is 2.89. The lowest BCUT2D eigenvalue weighted by Crippen LogP contribution is -2.21. The first-order valence-electron chi connectivity index (χ1n) is 6.09. The quantitative estimate of drug-likeness (QED) is 0.369. The number of Topliss-reactive ketones (excluding diaryl/α,β-unsaturated/α-hetero) is 3. The Balaban J connectivity index is 2.52. The second-order valence-electron chi connectivity index (χ2n) is 4.21. The van der Waals surface area contributed by atoms with Crippen LogP contribution in [0, 0.1) is 0 Å². The maximum absolute atomic E-state index is 12.4. The van der Waals surface area contributed by atoms with Gasteiger partial charge in [-0.2, -0.15) is 0 Å². The number of ketones is 3. The number of rotatable bonds is 4. The van der Waals surface area contributed by atoms with Gasteiger partial charge in [-0.15, -0.1) is 0 Å². The lowest BCUT2D eigenvalue weighted by atomic mass is 9.93. The maximum Gasteiger partial charge on any atom is 0.245 e. The van der Waals surface area contributed by atoms with Gasteiger partial charge in [-0.05, 0) is 6.92 Å². The van der Waals surface area contributed by atoms with Crippen LogP contribution in [-0.4, -0.2) is 17.3 Å². The molecule has 4 nitrogen and oxygen atoms in total. The van der Waals surface area contributed by atoms with Crippen molar-refractivity contribution in [3.05, 3.63) is 64.6 Å². The van der Waals surface area contributed by atoms with Gasteiger partial charge in [-0.25, -0.2) is 0 Å². The summed E-state index contributed by atoms with van der Waals surface area (Å²) >= 11 is 5.65. The fraction of sp³-hybridized carbons (Fsp3) is 0.0625. The molecule has 0 atom stereocenters. The second-order valence-corrected chi connectivity index (χ2v) is 4.61. The molecule has 0 aromatic carbocycles. The van der Waals surface area contributed by atoms with Gasteiger partial charge in [0, 0.05) is 11.6 Å². The summed E-state index contributed by atoms with van der Waals surface area (Å²) in [6.07, 6.45) is 8.69. The normalized spacial score (nSPS) is 15.1. The van der Waals surface area contributed by atoms with Crippen molar-refractivity contribution < 1.29 is 18.8 Å². The van der Waals surface area contributed by atoms with Gasteiger partial charge in [0.1, 0.15) is 12.0 Å². The Kier molecular flexibility index (Phi) is 4.19. The Morgan fingerprint density at radius 1 is 1.33 bits per heavy atom. The van der Waals surface area contributed by atoms with Gasteiger partial charge < -0.3 is 4.42 Å². The Labute approximate surface area is 126 Å². The molecule has 0 aliphatic heterocycles. The van der Waals surface area contributed by atoms with Crippen molar-refractivity contribution in [1.29, 1.82) is 0 Å². The maximum atomic E-state index is 12.4. The molecule has 5 heteroatoms. The molecule has 0 radical (unpaired) electrons. The molecule has 1 aromatic heterocycles. The zero-order valence-electron chi connectivity index (χ0n) is 11.2. The van der Waals surface area contributed by atoms with E-state index in [9.17, 15) is 14.4 Å². The van der Waals surface area contributed by atoms with Crippen LogP contribution in [0.15, 0.2) is 52.2 Å². The molecule has 1 aliphatic carbocycles. The van der Waals surface area contributed by atoms with Gasteiger partial charge in [0.05, 0.1) is 16.2 Å². The van der Waals surface area contributed by atoms with Crippen molar-refractivity contribution in [1.82, 2.24) is 0 Å². The molecule has 21 heavy (non-hydrogen) atoms. The number of hydrogen-bond donors (Lipinski definition) is 0. The Hall–Kier alpha value is -2.46. The summed E-state index contributed by atoms with van der Waals surface area (Å²) < 4.78 is 5.17. The Morgan fingerprint density at radius 2 is 2.05 bits per heavy atom. The molecule has 0 fully saturated rings. The Bertz CT molecular complexity index is 744. The first-order valence-corrected chi connectivity index (χ1v) is 6.46. The average molecular weight is 303 g/mol. The zero-order chi connectivity index (χ0) is 15.6. The van der Waals surface area contributed by atoms with E-state index in [0.717, 1.165) is 6.26 Å². The van der Waals surface area contributed by atoms with E-state index in [2.05, 4.69) is 6.58 Å². The summed E-state index contributed by atoms with van der Waals surface area (Å²) in [6, 6.07) is 0. The van der Waals surface area contributed by atoms with E-state index < -0.39 is 17.3 Å². The summed E-state index contributed by atoms with van der Waals surface area (Å²) in [7, 11) is 0. The summed E-state index contributed by atoms with van der Waals surface area (Å²) in [6.45, 7) is 5.22. The third kappa shape index (κ3) is 2.58. The molecule has 0 amide bonds. The number of carbonyl (C=O) groups excluding carboxylic acids is 3. The molecule has 106 valence electrons. The van der Waals surface area contributed by atoms with Crippen molar-refractivity contribution in [3.63, 3.8) is 0 Å². The molecule has 1 aliphatic rings. The third-order valence-corrected chi connectivity index (χ3v) is 3.24. The summed E-state index contributed by atoms with van der Waals surface area (Å²) in [5.74, 6) is -1.97. The fourth-order valence-corrected chi connectivity index (χ4v) is 2.10. The van der Waals surface area contributed by atoms with E-state index in [1.54, 1.807) is 25.2 Å². The minimum Gasteiger partial charge on any atom is -0.463 e. The number of halogens is 1. The van der Waals surface area contributed by atoms with Crippen molar-refractivity contribution >= 4 is 35.0 Å². The van der Waals surface area contributed by atoms with E-state index >= 15 is 0 Å². The predicted molar refractivity (Wildman–Crippen MR) is 79.3 cm³/mol. The van der Waals surface area contributed by atoms with E-state index in [4.69, 9.17) is 16.0 Å². The highest BCUT2D eigenvalue weighted by Gasteiger charge is 2.34. The minimum absolute atomic E-state index is 0.0410. The Morgan fingerprint density at radius 3 is 2.67 bits per heavy atom. The summed E-state index contributed by atoms with van der Waals surface area (Å²) in [5, 5.41) is -0.223. The molecule has 0 bridgehead atoms. The van der Waals surface area contributed by atoms with E-state index in [0.29, 0.717) is 5.57 Å². The predicted octanol–water partition coefficient (Wildman–Crippen LogP) is 3.50. The van der Waals surface area contributed by atoms with Crippen LogP contribution in [0.3, 0.4) is 0 Å². The van der Waals surface area contributed by atoms with Crippen LogP contribution >= 0.6 is 11.6 Å². The highest BCUT2D eigenvalue weighted by atomic mass is 35.5. The molecule has 2 rings (SSSR count). The van der Waals surface area contributed by atoms with Gasteiger partial charge >= 0.3 is 0 Å². The highest BCUT2D eigenvalue weighted by Crippen LogP contribution is 2.29. The van der Waals surface area contributed by atoms with Gasteiger partial charge in [0.25, 0.3) is 0 Å². The largest absolute Gasteiger partial charge is 0.463 e. The number of furan rings is 1. The molecule has 0 spiro atoms. The second kappa shape index (κ2) is 5.89. The molecular formula is C16H11ClO4. The van der Waals surface area contributed by atoms with Gasteiger partial charge in [-0.1, -0.05) is 42.5 Å². The molecule has 0 unspecified atom stereocenters. The molecular weight excluding hydrogens is 292 g/mol. The monoisotopic (exact) mass is 302 g/mol. The molecule has 1 heterocycles. The fourth-order valence-electron chi connectivity index (χ4n) is 1.91. The van der Waals surface area contributed by atoms with E-state index in [1.807, 2.05) is 0 Å². The standard InChI is InChI=1S/C16H11ClO4/c1-3-5-6-9(4-2)14(18)10-8-21-12-7-11(17)15(19)16(20)13(10)12/h3-8H,1H2,2H3/b6-5-,9-4+. The van der Waals surface area contributed by atoms with Crippen LogP contribution in [0.25, 0.3) is 6.08 Å². The van der Waals surface area contributed by atoms with Crippen LogP contribution in [0.1, 0.15) is 33.4 Å². The number of allylic oxidation sites excluding steroid dienone is 6. The van der Waals surface area contributed by atoms with Crippen molar-refractivity contribution in [3.8, 4) is 0 Å². The van der Waals surface area contributed by atoms with Crippen LogP contribution in [-0.2, 0) is 4.79 Å². The lowest BCUT2D eigenvalue weighted by molar-refractivity contribution is -0.111. The number of hydrogen-bond acceptors (Lipinski definition) is 4. The van der Waals surface area contributed by atoms with Gasteiger partial charge in [0.2, 0.25) is 11.6 Å². The van der Waals surface area contributed by atoms with Crippen LogP contribution in [0.4, 0.5) is 0 Å². The SMILES string of the molecule is C=C/C=C\C(=C/C)C(=O)c1coc2c1C(=O)C(=O)C(Cl)=C2.